The van der Waals surface area contributed by atoms with E-state index >= 15 is 0 Å². The number of rotatable bonds is 5. The summed E-state index contributed by atoms with van der Waals surface area (Å²) in [7, 11) is 3.82. The van der Waals surface area contributed by atoms with Crippen LogP contribution in [0, 0.1) is 0 Å². The molecule has 0 heterocycles. The van der Waals surface area contributed by atoms with Crippen LogP contribution in [0.1, 0.15) is 33.6 Å². The van der Waals surface area contributed by atoms with E-state index in [2.05, 4.69) is 20.8 Å². The maximum atomic E-state index is 8.51. The van der Waals surface area contributed by atoms with Crippen molar-refractivity contribution in [1.82, 2.24) is 0 Å². The van der Waals surface area contributed by atoms with E-state index in [0.29, 0.717) is 11.4 Å². The highest BCUT2D eigenvalue weighted by atomic mass is 33.1. The molecule has 1 nitrogen and oxygen atoms in total. The molecule has 0 saturated carbocycles. The number of hydrogen-bond donors (Lipinski definition) is 1. The average Bonchev–Trinajstić information content (AvgIpc) is 1.85. The molecule has 1 N–H and O–H groups in total. The summed E-state index contributed by atoms with van der Waals surface area (Å²) < 4.78 is 0.365. The molecular weight excluding hydrogens is 176 g/mol. The molecule has 0 fully saturated rings. The summed E-state index contributed by atoms with van der Waals surface area (Å²) in [5.41, 5.74) is 0. The Kier molecular flexibility index (Phi) is 6.58. The Hall–Kier alpha value is 0.660. The molecule has 0 spiro atoms. The third-order valence-corrected chi connectivity index (χ3v) is 4.37. The summed E-state index contributed by atoms with van der Waals surface area (Å²) in [6.07, 6.45) is 2.07. The van der Waals surface area contributed by atoms with Gasteiger partial charge in [0.2, 0.25) is 0 Å². The molecule has 0 atom stereocenters. The second-order valence-electron chi connectivity index (χ2n) is 3.45. The largest absolute Gasteiger partial charge is 0.396 e. The van der Waals surface area contributed by atoms with Crippen molar-refractivity contribution in [2.75, 3.05) is 12.4 Å². The topological polar surface area (TPSA) is 20.2 Å². The monoisotopic (exact) mass is 194 g/mol. The molecular formula is C8H18OS2. The van der Waals surface area contributed by atoms with Crippen LogP contribution in [0.3, 0.4) is 0 Å². The molecule has 0 aromatic carbocycles. The predicted octanol–water partition coefficient (Wildman–Crippen LogP) is 2.94. The van der Waals surface area contributed by atoms with Crippen LogP contribution in [0.4, 0.5) is 0 Å². The summed E-state index contributed by atoms with van der Waals surface area (Å²) in [6, 6.07) is 0. The van der Waals surface area contributed by atoms with Gasteiger partial charge >= 0.3 is 0 Å². The van der Waals surface area contributed by atoms with E-state index in [0.717, 1.165) is 18.6 Å². The van der Waals surface area contributed by atoms with E-state index in [1.807, 2.05) is 21.6 Å². The van der Waals surface area contributed by atoms with Crippen molar-refractivity contribution in [2.45, 2.75) is 38.4 Å². The van der Waals surface area contributed by atoms with Crippen molar-refractivity contribution < 1.29 is 5.11 Å². The van der Waals surface area contributed by atoms with Crippen molar-refractivity contribution in [3.63, 3.8) is 0 Å². The number of aliphatic hydroxyl groups is 1. The van der Waals surface area contributed by atoms with Gasteiger partial charge in [-0.15, -0.1) is 0 Å². The molecule has 0 aliphatic carbocycles. The highest BCUT2D eigenvalue weighted by molar-refractivity contribution is 8.77. The fraction of sp³-hybridized carbons (Fsp3) is 1.00. The Morgan fingerprint density at radius 2 is 1.82 bits per heavy atom. The van der Waals surface area contributed by atoms with Crippen LogP contribution in [0.2, 0.25) is 0 Å². The summed E-state index contributed by atoms with van der Waals surface area (Å²) in [6.45, 7) is 6.99. The van der Waals surface area contributed by atoms with Crippen molar-refractivity contribution >= 4 is 21.6 Å². The Morgan fingerprint density at radius 1 is 1.18 bits per heavy atom. The molecule has 68 valence electrons. The SMILES string of the molecule is CC(C)(C)SSCCCCO. The highest BCUT2D eigenvalue weighted by Gasteiger charge is 2.09. The zero-order valence-electron chi connectivity index (χ0n) is 7.59. The van der Waals surface area contributed by atoms with Crippen LogP contribution >= 0.6 is 21.6 Å². The Balaban J connectivity index is 3.02. The Morgan fingerprint density at radius 3 is 2.27 bits per heavy atom. The van der Waals surface area contributed by atoms with Gasteiger partial charge in [0.05, 0.1) is 0 Å². The number of aliphatic hydroxyl groups excluding tert-OH is 1. The Bertz CT molecular complexity index is 88.6. The standard InChI is InChI=1S/C8H18OS2/c1-8(2,3)11-10-7-5-4-6-9/h9H,4-7H2,1-3H3. The molecule has 0 saturated heterocycles. The quantitative estimate of drug-likeness (QED) is 0.537. The lowest BCUT2D eigenvalue weighted by Crippen LogP contribution is -2.04. The second kappa shape index (κ2) is 6.21. The molecule has 3 heteroatoms. The minimum absolute atomic E-state index is 0.334. The number of hydrogen-bond acceptors (Lipinski definition) is 3. The van der Waals surface area contributed by atoms with E-state index in [-0.39, 0.29) is 0 Å². The maximum Gasteiger partial charge on any atom is 0.0431 e. The molecule has 0 amide bonds. The van der Waals surface area contributed by atoms with E-state index in [9.17, 15) is 0 Å². The second-order valence-corrected chi connectivity index (χ2v) is 6.69. The van der Waals surface area contributed by atoms with Gasteiger partial charge in [0.25, 0.3) is 0 Å². The van der Waals surface area contributed by atoms with Crippen molar-refractivity contribution in [3.05, 3.63) is 0 Å². The van der Waals surface area contributed by atoms with E-state index in [1.165, 1.54) is 0 Å². The molecule has 0 aromatic heterocycles. The molecule has 0 unspecified atom stereocenters. The third kappa shape index (κ3) is 10.7. The van der Waals surface area contributed by atoms with Gasteiger partial charge < -0.3 is 5.11 Å². The highest BCUT2D eigenvalue weighted by Crippen LogP contribution is 2.35. The van der Waals surface area contributed by atoms with E-state index in [1.54, 1.807) is 0 Å². The van der Waals surface area contributed by atoms with E-state index < -0.39 is 0 Å². The summed E-state index contributed by atoms with van der Waals surface area (Å²) in [5, 5.41) is 8.51. The van der Waals surface area contributed by atoms with Crippen molar-refractivity contribution in [1.29, 1.82) is 0 Å². The molecule has 0 rings (SSSR count). The normalized spacial score (nSPS) is 12.0. The molecule has 11 heavy (non-hydrogen) atoms. The minimum Gasteiger partial charge on any atom is -0.396 e. The van der Waals surface area contributed by atoms with Crippen LogP contribution in [0.15, 0.2) is 0 Å². The first-order valence-electron chi connectivity index (χ1n) is 3.98. The van der Waals surface area contributed by atoms with Gasteiger partial charge in [-0.05, 0) is 12.8 Å². The minimum atomic E-state index is 0.334. The van der Waals surface area contributed by atoms with Crippen LogP contribution < -0.4 is 0 Å². The van der Waals surface area contributed by atoms with Gasteiger partial charge in [-0.25, -0.2) is 0 Å². The van der Waals surface area contributed by atoms with Crippen LogP contribution in [0.25, 0.3) is 0 Å². The first-order valence-corrected chi connectivity index (χ1v) is 6.29. The number of unbranched alkanes of at least 4 members (excludes halogenated alkanes) is 1. The molecule has 0 aliphatic rings. The van der Waals surface area contributed by atoms with Gasteiger partial charge in [0.1, 0.15) is 0 Å². The lowest BCUT2D eigenvalue weighted by molar-refractivity contribution is 0.287. The molecule has 0 aromatic rings. The van der Waals surface area contributed by atoms with Gasteiger partial charge in [0.15, 0.2) is 0 Å². The zero-order chi connectivity index (χ0) is 8.74. The Labute approximate surface area is 77.7 Å². The van der Waals surface area contributed by atoms with Crippen LogP contribution in [0.5, 0.6) is 0 Å². The molecule has 0 bridgehead atoms. The van der Waals surface area contributed by atoms with Gasteiger partial charge in [-0.1, -0.05) is 42.4 Å². The summed E-state index contributed by atoms with van der Waals surface area (Å²) in [4.78, 5) is 0. The fourth-order valence-electron chi connectivity index (χ4n) is 0.491. The zero-order valence-corrected chi connectivity index (χ0v) is 9.23. The van der Waals surface area contributed by atoms with Crippen LogP contribution in [-0.4, -0.2) is 22.2 Å². The van der Waals surface area contributed by atoms with E-state index in [4.69, 9.17) is 5.11 Å². The average molecular weight is 194 g/mol. The smallest absolute Gasteiger partial charge is 0.0431 e. The van der Waals surface area contributed by atoms with Crippen molar-refractivity contribution in [2.24, 2.45) is 0 Å². The fourth-order valence-corrected chi connectivity index (χ4v) is 2.91. The lowest BCUT2D eigenvalue weighted by atomic mass is 10.3. The first kappa shape index (κ1) is 11.7. The predicted molar refractivity (Wildman–Crippen MR) is 56.1 cm³/mol. The maximum absolute atomic E-state index is 8.51. The first-order chi connectivity index (χ1) is 5.06. The van der Waals surface area contributed by atoms with Gasteiger partial charge in [-0.2, -0.15) is 0 Å². The summed E-state index contributed by atoms with van der Waals surface area (Å²) >= 11 is 0. The lowest BCUT2D eigenvalue weighted by Gasteiger charge is -2.15. The molecule has 0 aliphatic heterocycles. The summed E-state index contributed by atoms with van der Waals surface area (Å²) in [5.74, 6) is 1.16. The van der Waals surface area contributed by atoms with Crippen LogP contribution in [-0.2, 0) is 0 Å². The van der Waals surface area contributed by atoms with Gasteiger partial charge in [-0.3, -0.25) is 0 Å². The van der Waals surface area contributed by atoms with Crippen molar-refractivity contribution in [3.8, 4) is 0 Å². The molecule has 0 radical (unpaired) electrons. The third-order valence-electron chi connectivity index (χ3n) is 0.945. The van der Waals surface area contributed by atoms with Gasteiger partial charge in [0, 0.05) is 17.1 Å².